The second-order valence-corrected chi connectivity index (χ2v) is 10.8. The molecule has 38 heavy (non-hydrogen) atoms. The number of aliphatic hydroxyl groups excluding tert-OH is 1. The molecule has 0 aliphatic carbocycles. The molecule has 0 unspecified atom stereocenters. The van der Waals surface area contributed by atoms with Gasteiger partial charge in [0.2, 0.25) is 10.0 Å². The molecule has 1 aliphatic rings. The maximum atomic E-state index is 13.5. The minimum absolute atomic E-state index is 0.00316. The molecule has 2 aromatic rings. The lowest BCUT2D eigenvalue weighted by atomic mass is 10.1. The Labute approximate surface area is 222 Å². The zero-order chi connectivity index (χ0) is 28.0. The number of nitrogens with one attached hydrogen (secondary N) is 1. The third kappa shape index (κ3) is 5.90. The number of nitrogens with two attached hydrogens (primary N) is 1. The van der Waals surface area contributed by atoms with Crippen LogP contribution in [0.25, 0.3) is 0 Å². The fraction of sp³-hybridized carbons (Fsp3) is 0.480. The maximum Gasteiger partial charge on any atom is 0.273 e. The van der Waals surface area contributed by atoms with E-state index in [0.29, 0.717) is 50.0 Å². The van der Waals surface area contributed by atoms with Crippen LogP contribution in [0.15, 0.2) is 23.1 Å². The van der Waals surface area contributed by atoms with E-state index < -0.39 is 21.8 Å². The van der Waals surface area contributed by atoms with Crippen LogP contribution in [-0.2, 0) is 16.4 Å². The molecule has 0 saturated carbocycles. The summed E-state index contributed by atoms with van der Waals surface area (Å²) >= 11 is 0. The molecule has 13 heteroatoms. The Morgan fingerprint density at radius 3 is 2.42 bits per heavy atom. The number of hydrogen-bond acceptors (Lipinski definition) is 8. The quantitative estimate of drug-likeness (QED) is 0.326. The molecule has 4 N–H and O–H groups in total. The van der Waals surface area contributed by atoms with Crippen molar-refractivity contribution in [1.82, 2.24) is 13.9 Å². The number of benzene rings is 1. The monoisotopic (exact) mass is 549 g/mol. The highest BCUT2D eigenvalue weighted by molar-refractivity contribution is 7.89. The van der Waals surface area contributed by atoms with Crippen molar-refractivity contribution < 1.29 is 32.6 Å². The Balaban J connectivity index is 2.01. The molecular formula is C25H35N5O7S. The van der Waals surface area contributed by atoms with Crippen molar-refractivity contribution >= 4 is 28.1 Å². The molecule has 208 valence electrons. The van der Waals surface area contributed by atoms with E-state index in [0.717, 1.165) is 0 Å². The third-order valence-corrected chi connectivity index (χ3v) is 8.39. The zero-order valence-corrected chi connectivity index (χ0v) is 22.7. The van der Waals surface area contributed by atoms with E-state index in [1.807, 2.05) is 11.8 Å². The van der Waals surface area contributed by atoms with Crippen molar-refractivity contribution in [3.63, 3.8) is 0 Å². The predicted molar refractivity (Wildman–Crippen MR) is 141 cm³/mol. The smallest absolute Gasteiger partial charge is 0.273 e. The zero-order valence-electron chi connectivity index (χ0n) is 21.9. The van der Waals surface area contributed by atoms with Gasteiger partial charge < -0.3 is 15.6 Å². The van der Waals surface area contributed by atoms with Crippen molar-refractivity contribution in [3.8, 4) is 5.75 Å². The fourth-order valence-corrected chi connectivity index (χ4v) is 6.05. The largest absolute Gasteiger partial charge is 0.493 e. The molecule has 0 radical (unpaired) electrons. The molecule has 1 aliphatic heterocycles. The Kier molecular flexibility index (Phi) is 9.66. The van der Waals surface area contributed by atoms with Gasteiger partial charge in [-0.2, -0.15) is 4.31 Å². The summed E-state index contributed by atoms with van der Waals surface area (Å²) in [6, 6.07) is 4.06. The summed E-state index contributed by atoms with van der Waals surface area (Å²) < 4.78 is 35.0. The molecule has 1 aromatic heterocycles. The second-order valence-electron chi connectivity index (χ2n) is 8.90. The summed E-state index contributed by atoms with van der Waals surface area (Å²) in [6.07, 6.45) is 1.63. The highest BCUT2D eigenvalue weighted by Gasteiger charge is 2.30. The first-order chi connectivity index (χ1) is 18.1. The van der Waals surface area contributed by atoms with Crippen molar-refractivity contribution in [2.45, 2.75) is 38.5 Å². The van der Waals surface area contributed by atoms with E-state index in [1.54, 1.807) is 13.8 Å². The fourth-order valence-electron chi connectivity index (χ4n) is 4.60. The summed E-state index contributed by atoms with van der Waals surface area (Å²) in [5.74, 6) is -1.39. The lowest BCUT2D eigenvalue weighted by Crippen LogP contribution is -2.49. The van der Waals surface area contributed by atoms with Crippen molar-refractivity contribution in [2.24, 2.45) is 5.73 Å². The SMILES string of the molecule is CCCc1c(C=O)c(C)c(C(N)=O)n1NC(=O)c1cc(S(=O)(=O)N2CCN(CCO)CC2)ccc1OCC. The van der Waals surface area contributed by atoms with Gasteiger partial charge in [-0.3, -0.25) is 29.4 Å². The van der Waals surface area contributed by atoms with Crippen molar-refractivity contribution in [3.05, 3.63) is 46.3 Å². The van der Waals surface area contributed by atoms with Crippen LogP contribution in [0, 0.1) is 6.92 Å². The summed E-state index contributed by atoms with van der Waals surface area (Å²) in [4.78, 5) is 39.5. The molecule has 2 heterocycles. The van der Waals surface area contributed by atoms with Crippen LogP contribution >= 0.6 is 0 Å². The van der Waals surface area contributed by atoms with Gasteiger partial charge in [0.05, 0.1) is 29.4 Å². The minimum Gasteiger partial charge on any atom is -0.493 e. The average molecular weight is 550 g/mol. The molecule has 1 aromatic carbocycles. The van der Waals surface area contributed by atoms with Gasteiger partial charge >= 0.3 is 0 Å². The van der Waals surface area contributed by atoms with Crippen LogP contribution in [0.2, 0.25) is 0 Å². The van der Waals surface area contributed by atoms with E-state index in [4.69, 9.17) is 15.6 Å². The number of nitrogens with zero attached hydrogens (tertiary/aromatic N) is 3. The summed E-state index contributed by atoms with van der Waals surface area (Å²) in [5, 5.41) is 9.14. The van der Waals surface area contributed by atoms with Gasteiger partial charge in [-0.25, -0.2) is 8.42 Å². The maximum absolute atomic E-state index is 13.5. The van der Waals surface area contributed by atoms with Gasteiger partial charge in [0.1, 0.15) is 11.4 Å². The number of aromatic nitrogens is 1. The van der Waals surface area contributed by atoms with E-state index in [9.17, 15) is 22.8 Å². The van der Waals surface area contributed by atoms with Crippen molar-refractivity contribution in [2.75, 3.05) is 51.4 Å². The number of amides is 2. The number of carbonyl (C=O) groups excluding carboxylic acids is 3. The number of piperazine rings is 1. The van der Waals surface area contributed by atoms with Gasteiger partial charge in [0, 0.05) is 38.3 Å². The number of sulfonamides is 1. The first-order valence-corrected chi connectivity index (χ1v) is 13.9. The Morgan fingerprint density at radius 1 is 1.18 bits per heavy atom. The van der Waals surface area contributed by atoms with E-state index in [2.05, 4.69) is 5.43 Å². The van der Waals surface area contributed by atoms with Gasteiger partial charge in [0.25, 0.3) is 11.8 Å². The highest BCUT2D eigenvalue weighted by atomic mass is 32.2. The molecule has 0 bridgehead atoms. The minimum atomic E-state index is -3.92. The average Bonchev–Trinajstić information content (AvgIpc) is 3.15. The third-order valence-electron chi connectivity index (χ3n) is 6.50. The van der Waals surface area contributed by atoms with E-state index >= 15 is 0 Å². The number of ether oxygens (including phenoxy) is 1. The number of carbonyl (C=O) groups is 3. The summed E-state index contributed by atoms with van der Waals surface area (Å²) in [7, 11) is -3.92. The van der Waals surface area contributed by atoms with Crippen molar-refractivity contribution in [1.29, 1.82) is 0 Å². The van der Waals surface area contributed by atoms with Crippen LogP contribution in [0.5, 0.6) is 5.75 Å². The van der Waals surface area contributed by atoms with Crippen LogP contribution in [0.1, 0.15) is 62.7 Å². The molecule has 3 rings (SSSR count). The van der Waals surface area contributed by atoms with Gasteiger partial charge in [0.15, 0.2) is 6.29 Å². The number of aliphatic hydroxyl groups is 1. The topological polar surface area (TPSA) is 164 Å². The van der Waals surface area contributed by atoms with E-state index in [-0.39, 0.29) is 53.8 Å². The van der Waals surface area contributed by atoms with Gasteiger partial charge in [-0.1, -0.05) is 13.3 Å². The van der Waals surface area contributed by atoms with E-state index in [1.165, 1.54) is 27.2 Å². The molecule has 1 fully saturated rings. The highest BCUT2D eigenvalue weighted by Crippen LogP contribution is 2.27. The van der Waals surface area contributed by atoms with Crippen LogP contribution in [0.3, 0.4) is 0 Å². The Bertz CT molecular complexity index is 1300. The molecule has 12 nitrogen and oxygen atoms in total. The number of β-amino-alcohol motifs (C(OH)–C–C–N with tert-alkyl or cyclic N) is 1. The number of aldehydes is 1. The Morgan fingerprint density at radius 2 is 1.87 bits per heavy atom. The number of primary amides is 1. The Hall–Kier alpha value is -3.26. The van der Waals surface area contributed by atoms with Crippen LogP contribution in [0.4, 0.5) is 0 Å². The van der Waals surface area contributed by atoms with Crippen LogP contribution < -0.4 is 15.9 Å². The molecular weight excluding hydrogens is 514 g/mol. The normalized spacial score (nSPS) is 14.8. The lowest BCUT2D eigenvalue weighted by molar-refractivity contribution is 0.0985. The van der Waals surface area contributed by atoms with Gasteiger partial charge in [-0.05, 0) is 44.0 Å². The molecule has 0 atom stereocenters. The second kappa shape index (κ2) is 12.5. The number of hydrogen-bond donors (Lipinski definition) is 3. The summed E-state index contributed by atoms with van der Waals surface area (Å²) in [6.45, 7) is 7.34. The predicted octanol–water partition coefficient (Wildman–Crippen LogP) is 0.742. The number of rotatable bonds is 12. The van der Waals surface area contributed by atoms with Crippen LogP contribution in [-0.4, -0.2) is 91.4 Å². The lowest BCUT2D eigenvalue weighted by Gasteiger charge is -2.33. The molecule has 2 amide bonds. The first kappa shape index (κ1) is 29.3. The summed E-state index contributed by atoms with van der Waals surface area (Å²) in [5.41, 5.74) is 9.16. The standard InChI is InChI=1S/C25H35N5O7S/c1-4-6-21-20(16-32)17(3)23(24(26)33)30(21)27-25(34)19-15-18(7-8-22(19)37-5-2)38(35,36)29-11-9-28(10-12-29)13-14-31/h7-8,15-16,31H,4-6,9-14H2,1-3H3,(H2,26,33)(H,27,34). The van der Waals surface area contributed by atoms with Gasteiger partial charge in [-0.15, -0.1) is 0 Å². The molecule has 1 saturated heterocycles. The first-order valence-electron chi connectivity index (χ1n) is 12.5. The molecule has 0 spiro atoms.